The SMILES string of the molecule is O=S(=O)(O)c1ccc(C2=C3C=CC(=N3)/C(c3ccc(S(=O)(=O)O)cc3)=c3/cc/c([nH]3)=C(\c3ccc(S(=O)(=O)O)cc3)c3ccc([nH]3)C(c3ccc(S(=O)(=O)O)cc3)c3ccc2[nH]3)cc1. The Balaban J connectivity index is 1.37. The van der Waals surface area contributed by atoms with Crippen LogP contribution in [0.5, 0.6) is 0 Å². The van der Waals surface area contributed by atoms with Gasteiger partial charge in [-0.15, -0.1) is 0 Å². The molecule has 5 heterocycles. The number of rotatable bonds is 8. The second kappa shape index (κ2) is 15.5. The highest BCUT2D eigenvalue weighted by molar-refractivity contribution is 7.86. The van der Waals surface area contributed by atoms with Gasteiger partial charge in [0.1, 0.15) is 0 Å². The summed E-state index contributed by atoms with van der Waals surface area (Å²) in [5.41, 5.74) is 6.78. The Hall–Kier alpha value is -6.75. The topological polar surface area (TPSA) is 277 Å². The van der Waals surface area contributed by atoms with Gasteiger partial charge in [0, 0.05) is 50.2 Å². The first kappa shape index (κ1) is 42.5. The number of H-pyrrole nitrogens is 3. The lowest BCUT2D eigenvalue weighted by molar-refractivity contribution is 0.481. The van der Waals surface area contributed by atoms with E-state index in [1.54, 1.807) is 48.6 Å². The van der Waals surface area contributed by atoms with Crippen LogP contribution in [0, 0.1) is 0 Å². The maximum absolute atomic E-state index is 12.0. The Bertz CT molecular complexity index is 3730. The molecule has 9 rings (SSSR count). The average Bonchev–Trinajstić information content (AvgIpc) is 4.08. The van der Waals surface area contributed by atoms with Gasteiger partial charge < -0.3 is 15.0 Å². The fourth-order valence-electron chi connectivity index (χ4n) is 7.86. The molecule has 0 saturated carbocycles. The van der Waals surface area contributed by atoms with Crippen molar-refractivity contribution in [2.45, 2.75) is 25.5 Å². The van der Waals surface area contributed by atoms with Crippen LogP contribution in [0.4, 0.5) is 0 Å². The quantitative estimate of drug-likeness (QED) is 0.0985. The largest absolute Gasteiger partial charge is 0.357 e. The molecule has 16 nitrogen and oxygen atoms in total. The molecule has 0 fully saturated rings. The van der Waals surface area contributed by atoms with Gasteiger partial charge in [-0.1, -0.05) is 48.5 Å². The van der Waals surface area contributed by atoms with E-state index in [2.05, 4.69) is 15.0 Å². The molecule has 0 saturated heterocycles. The van der Waals surface area contributed by atoms with Crippen molar-refractivity contribution in [2.24, 2.45) is 4.99 Å². The molecule has 3 aromatic heterocycles. The molecule has 1 atom stereocenters. The number of aromatic nitrogens is 3. The van der Waals surface area contributed by atoms with Crippen LogP contribution in [0.25, 0.3) is 16.7 Å². The molecule has 8 bridgehead atoms. The molecule has 0 aliphatic carbocycles. The Morgan fingerprint density at radius 1 is 0.391 bits per heavy atom. The molecular formula is C44H32N4O12S4. The Morgan fingerprint density at radius 3 is 1.20 bits per heavy atom. The molecule has 7 aromatic rings. The minimum Gasteiger partial charge on any atom is -0.357 e. The van der Waals surface area contributed by atoms with Crippen LogP contribution < -0.4 is 10.7 Å². The number of benzene rings is 4. The standard InChI is InChI=1S/C44H32N4O12S4/c49-61(50,51)29-9-1-25(2-10-29)41-33-17-19-35(45-33)42(26-3-11-30(12-4-26)62(52,53)54)37-21-23-39(47-37)44(28-7-15-32(16-8-28)64(58,59)60)40-24-22-38(48-40)43(36-20-18-34(41)46-36)27-5-13-31(14-6-27)63(55,56)57/h1-24,41,45-47H,(H,49,50,51)(H,52,53,54)(H,55,56,57)(H,58,59,60)/b42-37-,43-38?,44-39-. The summed E-state index contributed by atoms with van der Waals surface area (Å²) in [6, 6.07) is 33.1. The third-order valence-electron chi connectivity index (χ3n) is 10.8. The number of hydrogen-bond donors (Lipinski definition) is 7. The Morgan fingerprint density at radius 2 is 0.766 bits per heavy atom. The van der Waals surface area contributed by atoms with E-state index in [-0.39, 0.29) is 19.6 Å². The number of aromatic amines is 3. The predicted octanol–water partition coefficient (Wildman–Crippen LogP) is 5.07. The summed E-state index contributed by atoms with van der Waals surface area (Å²) in [5.74, 6) is -0.648. The van der Waals surface area contributed by atoms with Gasteiger partial charge in [0.05, 0.1) is 36.9 Å². The van der Waals surface area contributed by atoms with Crippen LogP contribution in [0.3, 0.4) is 0 Å². The van der Waals surface area contributed by atoms with E-state index < -0.39 is 46.4 Å². The normalized spacial score (nSPS) is 17.4. The average molecular weight is 937 g/mol. The Kier molecular flexibility index (Phi) is 10.3. The summed E-state index contributed by atoms with van der Waals surface area (Å²) in [5, 5.41) is 1.03. The van der Waals surface area contributed by atoms with E-state index in [4.69, 9.17) is 4.99 Å². The molecule has 324 valence electrons. The molecule has 0 amide bonds. The monoisotopic (exact) mass is 936 g/mol. The number of hydrogen-bond acceptors (Lipinski definition) is 9. The van der Waals surface area contributed by atoms with Crippen LogP contribution in [0.15, 0.2) is 176 Å². The van der Waals surface area contributed by atoms with Gasteiger partial charge in [0.15, 0.2) is 0 Å². The zero-order valence-corrected chi connectivity index (χ0v) is 35.8. The van der Waals surface area contributed by atoms with Crippen molar-refractivity contribution < 1.29 is 51.9 Å². The molecule has 0 radical (unpaired) electrons. The van der Waals surface area contributed by atoms with Crippen molar-refractivity contribution >= 4 is 62.9 Å². The number of allylic oxidation sites excluding steroid dienone is 2. The van der Waals surface area contributed by atoms with Crippen LogP contribution in [0.2, 0.25) is 0 Å². The Labute approximate surface area is 365 Å². The van der Waals surface area contributed by atoms with Crippen molar-refractivity contribution in [2.75, 3.05) is 0 Å². The smallest absolute Gasteiger partial charge is 0.294 e. The fraction of sp³-hybridized carbons (Fsp3) is 0.0227. The molecule has 64 heavy (non-hydrogen) atoms. The zero-order valence-electron chi connectivity index (χ0n) is 32.6. The third-order valence-corrected chi connectivity index (χ3v) is 14.3. The van der Waals surface area contributed by atoms with Crippen LogP contribution in [0.1, 0.15) is 50.9 Å². The number of nitrogens with one attached hydrogen (secondary N) is 3. The summed E-state index contributed by atoms with van der Waals surface area (Å²) in [6.45, 7) is 0. The van der Waals surface area contributed by atoms with E-state index in [0.29, 0.717) is 83.9 Å². The van der Waals surface area contributed by atoms with Gasteiger partial charge in [-0.3, -0.25) is 18.2 Å². The summed E-state index contributed by atoms with van der Waals surface area (Å²) < 4.78 is 135. The van der Waals surface area contributed by atoms with E-state index in [0.717, 1.165) is 0 Å². The van der Waals surface area contributed by atoms with Gasteiger partial charge in [-0.2, -0.15) is 33.7 Å². The molecule has 2 aliphatic rings. The number of fused-ring (bicyclic) bond motifs is 7. The van der Waals surface area contributed by atoms with Crippen LogP contribution in [-0.2, 0) is 40.5 Å². The lowest BCUT2D eigenvalue weighted by Gasteiger charge is -2.17. The van der Waals surface area contributed by atoms with Crippen LogP contribution in [-0.4, -0.2) is 72.5 Å². The summed E-state index contributed by atoms with van der Waals surface area (Å²) >= 11 is 0. The minimum atomic E-state index is -4.54. The first-order valence-corrected chi connectivity index (χ1v) is 24.6. The van der Waals surface area contributed by atoms with Crippen molar-refractivity contribution in [3.05, 3.63) is 207 Å². The highest BCUT2D eigenvalue weighted by Gasteiger charge is 2.26. The zero-order chi connectivity index (χ0) is 45.3. The van der Waals surface area contributed by atoms with Crippen LogP contribution >= 0.6 is 0 Å². The highest BCUT2D eigenvalue weighted by atomic mass is 32.2. The predicted molar refractivity (Wildman–Crippen MR) is 234 cm³/mol. The third kappa shape index (κ3) is 8.15. The maximum Gasteiger partial charge on any atom is 0.294 e. The lowest BCUT2D eigenvalue weighted by atomic mass is 9.93. The fourth-order valence-corrected chi connectivity index (χ4v) is 9.78. The molecule has 7 N–H and O–H groups in total. The van der Waals surface area contributed by atoms with Gasteiger partial charge in [-0.05, 0) is 119 Å². The van der Waals surface area contributed by atoms with E-state index in [1.165, 1.54) is 84.9 Å². The maximum atomic E-state index is 12.0. The second-order valence-corrected chi connectivity index (χ2v) is 20.4. The number of aliphatic imine (C=N–C) groups is 1. The minimum absolute atomic E-state index is 0.317. The van der Waals surface area contributed by atoms with Gasteiger partial charge in [0.25, 0.3) is 40.5 Å². The second-order valence-electron chi connectivity index (χ2n) is 14.8. The van der Waals surface area contributed by atoms with Crippen molar-refractivity contribution in [3.63, 3.8) is 0 Å². The molecule has 2 aliphatic heterocycles. The van der Waals surface area contributed by atoms with E-state index in [9.17, 15) is 51.9 Å². The molecule has 0 spiro atoms. The van der Waals surface area contributed by atoms with Gasteiger partial charge >= 0.3 is 0 Å². The van der Waals surface area contributed by atoms with Gasteiger partial charge in [-0.25, -0.2) is 4.99 Å². The van der Waals surface area contributed by atoms with Crippen molar-refractivity contribution in [3.8, 4) is 0 Å². The van der Waals surface area contributed by atoms with Crippen molar-refractivity contribution in [1.29, 1.82) is 0 Å². The first-order valence-electron chi connectivity index (χ1n) is 18.9. The summed E-state index contributed by atoms with van der Waals surface area (Å²) in [7, 11) is -18.1. The molecule has 1 unspecified atom stereocenters. The van der Waals surface area contributed by atoms with Crippen molar-refractivity contribution in [1.82, 2.24) is 15.0 Å². The first-order chi connectivity index (χ1) is 30.2. The summed E-state index contributed by atoms with van der Waals surface area (Å²) in [6.07, 6.45) is 3.48. The summed E-state index contributed by atoms with van der Waals surface area (Å²) in [4.78, 5) is 14.2. The van der Waals surface area contributed by atoms with Gasteiger partial charge in [0.2, 0.25) is 0 Å². The lowest BCUT2D eigenvalue weighted by Crippen LogP contribution is -2.19. The highest BCUT2D eigenvalue weighted by Crippen LogP contribution is 2.37. The molecule has 20 heteroatoms. The number of nitrogens with zero attached hydrogens (tertiary/aromatic N) is 1. The molecular weight excluding hydrogens is 905 g/mol. The van der Waals surface area contributed by atoms with E-state index in [1.807, 2.05) is 12.1 Å². The molecule has 4 aromatic carbocycles. The van der Waals surface area contributed by atoms with E-state index >= 15 is 0 Å².